The van der Waals surface area contributed by atoms with Gasteiger partial charge in [0.25, 0.3) is 0 Å². The Bertz CT molecular complexity index is 214. The maximum atomic E-state index is 4.52. The molecule has 0 saturated heterocycles. The van der Waals surface area contributed by atoms with Crippen molar-refractivity contribution in [2.75, 3.05) is 6.54 Å². The molecule has 0 bridgehead atoms. The molecule has 12 heavy (non-hydrogen) atoms. The lowest BCUT2D eigenvalue weighted by atomic mass is 10.0. The van der Waals surface area contributed by atoms with Crippen LogP contribution < -0.4 is 0 Å². The Balaban J connectivity index is 2.61. The van der Waals surface area contributed by atoms with Crippen LogP contribution in [0.3, 0.4) is 0 Å². The standard InChI is InChI=1S/C10H18N2/c1-7(2)5-10-9(4)12-8(3)6-11-10/h7-8H,5-6H2,1-4H3. The largest absolute Gasteiger partial charge is 0.286 e. The molecule has 2 heteroatoms. The maximum Gasteiger partial charge on any atom is 0.0670 e. The molecule has 0 radical (unpaired) electrons. The van der Waals surface area contributed by atoms with E-state index in [1.807, 2.05) is 0 Å². The summed E-state index contributed by atoms with van der Waals surface area (Å²) in [4.78, 5) is 9.02. The Morgan fingerprint density at radius 3 is 2.67 bits per heavy atom. The minimum atomic E-state index is 0.390. The van der Waals surface area contributed by atoms with E-state index in [0.29, 0.717) is 12.0 Å². The number of rotatable bonds is 2. The molecule has 1 atom stereocenters. The summed E-state index contributed by atoms with van der Waals surface area (Å²) in [6.07, 6.45) is 1.07. The summed E-state index contributed by atoms with van der Waals surface area (Å²) in [5, 5.41) is 0. The van der Waals surface area contributed by atoms with Crippen LogP contribution >= 0.6 is 0 Å². The number of hydrogen-bond donors (Lipinski definition) is 0. The third kappa shape index (κ3) is 2.43. The van der Waals surface area contributed by atoms with Gasteiger partial charge in [-0.2, -0.15) is 0 Å². The van der Waals surface area contributed by atoms with Gasteiger partial charge in [0, 0.05) is 0 Å². The fraction of sp³-hybridized carbons (Fsp3) is 0.800. The minimum Gasteiger partial charge on any atom is -0.286 e. The minimum absolute atomic E-state index is 0.390. The van der Waals surface area contributed by atoms with Crippen molar-refractivity contribution in [2.45, 2.75) is 40.2 Å². The Labute approximate surface area is 74.8 Å². The first-order valence-electron chi connectivity index (χ1n) is 4.67. The van der Waals surface area contributed by atoms with Crippen LogP contribution in [0.1, 0.15) is 34.1 Å². The van der Waals surface area contributed by atoms with Crippen LogP contribution in [0.2, 0.25) is 0 Å². The number of aliphatic imine (C=N–C) groups is 2. The predicted octanol–water partition coefficient (Wildman–Crippen LogP) is 2.34. The molecule has 2 nitrogen and oxygen atoms in total. The lowest BCUT2D eigenvalue weighted by molar-refractivity contribution is 0.674. The van der Waals surface area contributed by atoms with E-state index in [2.05, 4.69) is 37.7 Å². The molecule has 0 aromatic rings. The quantitative estimate of drug-likeness (QED) is 0.601. The van der Waals surface area contributed by atoms with Gasteiger partial charge in [-0.15, -0.1) is 0 Å². The van der Waals surface area contributed by atoms with E-state index in [-0.39, 0.29) is 0 Å². The summed E-state index contributed by atoms with van der Waals surface area (Å²) in [7, 11) is 0. The highest BCUT2D eigenvalue weighted by Gasteiger charge is 2.12. The van der Waals surface area contributed by atoms with Crippen molar-refractivity contribution in [3.8, 4) is 0 Å². The highest BCUT2D eigenvalue weighted by atomic mass is 14.9. The van der Waals surface area contributed by atoms with Crippen LogP contribution in [-0.4, -0.2) is 24.0 Å². The van der Waals surface area contributed by atoms with Crippen molar-refractivity contribution >= 4 is 11.4 Å². The lowest BCUT2D eigenvalue weighted by Crippen LogP contribution is -2.23. The molecule has 68 valence electrons. The molecule has 0 aromatic carbocycles. The van der Waals surface area contributed by atoms with Gasteiger partial charge in [0.2, 0.25) is 0 Å². The fourth-order valence-corrected chi connectivity index (χ4v) is 1.40. The van der Waals surface area contributed by atoms with Crippen molar-refractivity contribution in [1.29, 1.82) is 0 Å². The first-order valence-corrected chi connectivity index (χ1v) is 4.67. The molecule has 0 aliphatic carbocycles. The van der Waals surface area contributed by atoms with Gasteiger partial charge in [-0.05, 0) is 26.2 Å². The summed E-state index contributed by atoms with van der Waals surface area (Å²) in [6.45, 7) is 9.48. The Kier molecular flexibility index (Phi) is 3.01. The smallest absolute Gasteiger partial charge is 0.0670 e. The van der Waals surface area contributed by atoms with Crippen molar-refractivity contribution in [2.24, 2.45) is 15.9 Å². The Morgan fingerprint density at radius 1 is 1.50 bits per heavy atom. The first kappa shape index (κ1) is 9.43. The van der Waals surface area contributed by atoms with E-state index >= 15 is 0 Å². The van der Waals surface area contributed by atoms with Crippen LogP contribution in [0.25, 0.3) is 0 Å². The zero-order chi connectivity index (χ0) is 9.14. The second-order valence-electron chi connectivity index (χ2n) is 3.95. The van der Waals surface area contributed by atoms with Gasteiger partial charge in [-0.1, -0.05) is 13.8 Å². The second kappa shape index (κ2) is 3.83. The summed E-state index contributed by atoms with van der Waals surface area (Å²) >= 11 is 0. The molecule has 1 heterocycles. The van der Waals surface area contributed by atoms with Gasteiger partial charge < -0.3 is 0 Å². The van der Waals surface area contributed by atoms with Crippen LogP contribution in [-0.2, 0) is 0 Å². The van der Waals surface area contributed by atoms with E-state index in [1.165, 1.54) is 5.71 Å². The molecule has 0 amide bonds. The average Bonchev–Trinajstić information content (AvgIpc) is 1.94. The van der Waals surface area contributed by atoms with E-state index in [9.17, 15) is 0 Å². The average molecular weight is 166 g/mol. The topological polar surface area (TPSA) is 24.7 Å². The molecule has 1 aliphatic heterocycles. The van der Waals surface area contributed by atoms with Crippen LogP contribution in [0.4, 0.5) is 0 Å². The normalized spacial score (nSPS) is 23.9. The first-order chi connectivity index (χ1) is 5.59. The molecule has 0 fully saturated rings. The molecule has 0 saturated carbocycles. The number of hydrogen-bond acceptors (Lipinski definition) is 2. The molecular weight excluding hydrogens is 148 g/mol. The van der Waals surface area contributed by atoms with E-state index < -0.39 is 0 Å². The number of nitrogens with zero attached hydrogens (tertiary/aromatic N) is 2. The maximum absolute atomic E-state index is 4.52. The Morgan fingerprint density at radius 2 is 2.17 bits per heavy atom. The van der Waals surface area contributed by atoms with Gasteiger partial charge >= 0.3 is 0 Å². The molecule has 1 aliphatic rings. The zero-order valence-electron chi connectivity index (χ0n) is 8.46. The van der Waals surface area contributed by atoms with E-state index in [1.54, 1.807) is 0 Å². The van der Waals surface area contributed by atoms with Gasteiger partial charge in [0.05, 0.1) is 24.0 Å². The van der Waals surface area contributed by atoms with E-state index in [4.69, 9.17) is 0 Å². The fourth-order valence-electron chi connectivity index (χ4n) is 1.40. The SMILES string of the molecule is CC1=NC(C)CN=C1CC(C)C. The molecule has 0 N–H and O–H groups in total. The van der Waals surface area contributed by atoms with Crippen LogP contribution in [0.5, 0.6) is 0 Å². The van der Waals surface area contributed by atoms with Gasteiger partial charge in [-0.25, -0.2) is 0 Å². The predicted molar refractivity (Wildman–Crippen MR) is 54.3 cm³/mol. The monoisotopic (exact) mass is 166 g/mol. The molecule has 0 spiro atoms. The highest BCUT2D eigenvalue weighted by Crippen LogP contribution is 2.09. The van der Waals surface area contributed by atoms with E-state index in [0.717, 1.165) is 18.7 Å². The zero-order valence-corrected chi connectivity index (χ0v) is 8.46. The van der Waals surface area contributed by atoms with Crippen molar-refractivity contribution in [3.63, 3.8) is 0 Å². The lowest BCUT2D eigenvalue weighted by Gasteiger charge is -2.16. The third-order valence-corrected chi connectivity index (χ3v) is 1.98. The molecule has 1 unspecified atom stereocenters. The summed E-state index contributed by atoms with van der Waals surface area (Å²) in [6, 6.07) is 0.390. The second-order valence-corrected chi connectivity index (χ2v) is 3.95. The van der Waals surface area contributed by atoms with Crippen molar-refractivity contribution in [1.82, 2.24) is 0 Å². The van der Waals surface area contributed by atoms with Gasteiger partial charge in [0.15, 0.2) is 0 Å². The van der Waals surface area contributed by atoms with Crippen LogP contribution in [0.15, 0.2) is 9.98 Å². The van der Waals surface area contributed by atoms with Gasteiger partial charge in [0.1, 0.15) is 0 Å². The summed E-state index contributed by atoms with van der Waals surface area (Å²) < 4.78 is 0. The van der Waals surface area contributed by atoms with Crippen molar-refractivity contribution < 1.29 is 0 Å². The third-order valence-electron chi connectivity index (χ3n) is 1.98. The van der Waals surface area contributed by atoms with Gasteiger partial charge in [-0.3, -0.25) is 9.98 Å². The Hall–Kier alpha value is -0.660. The van der Waals surface area contributed by atoms with Crippen LogP contribution in [0, 0.1) is 5.92 Å². The molecule has 1 rings (SSSR count). The summed E-state index contributed by atoms with van der Waals surface area (Å²) in [5.41, 5.74) is 2.35. The molecular formula is C10H18N2. The molecule has 0 aromatic heterocycles. The van der Waals surface area contributed by atoms with Crippen molar-refractivity contribution in [3.05, 3.63) is 0 Å². The highest BCUT2D eigenvalue weighted by molar-refractivity contribution is 6.41. The summed E-state index contributed by atoms with van der Waals surface area (Å²) in [5.74, 6) is 0.683.